The summed E-state index contributed by atoms with van der Waals surface area (Å²) < 4.78 is 0. The van der Waals surface area contributed by atoms with Crippen LogP contribution in [-0.2, 0) is 0 Å². The van der Waals surface area contributed by atoms with E-state index in [-0.39, 0.29) is 16.7 Å². The van der Waals surface area contributed by atoms with Crippen LogP contribution < -0.4 is 5.32 Å². The van der Waals surface area contributed by atoms with Gasteiger partial charge in [-0.25, -0.2) is 0 Å². The Balaban J connectivity index is 2.25. The molecule has 0 amide bonds. The summed E-state index contributed by atoms with van der Waals surface area (Å²) in [5.41, 5.74) is 2.95. The lowest BCUT2D eigenvalue weighted by Crippen LogP contribution is -2.10. The van der Waals surface area contributed by atoms with Gasteiger partial charge < -0.3 is 5.32 Å². The molecule has 0 aromatic heterocycles. The molecule has 0 radical (unpaired) electrons. The third-order valence-electron chi connectivity index (χ3n) is 3.41. The van der Waals surface area contributed by atoms with Crippen LogP contribution in [0, 0.1) is 17.0 Å². The van der Waals surface area contributed by atoms with Crippen molar-refractivity contribution < 1.29 is 4.92 Å². The highest BCUT2D eigenvalue weighted by Crippen LogP contribution is 2.28. The molecule has 0 aliphatic rings. The molecule has 0 saturated heterocycles. The van der Waals surface area contributed by atoms with E-state index in [4.69, 9.17) is 11.6 Å². The van der Waals surface area contributed by atoms with Gasteiger partial charge >= 0.3 is 0 Å². The Bertz CT molecular complexity index is 658. The number of nitrogens with one attached hydrogen (secondary N) is 1. The van der Waals surface area contributed by atoms with E-state index in [1.165, 1.54) is 6.07 Å². The molecule has 0 bridgehead atoms. The largest absolute Gasteiger partial charge is 0.378 e. The number of nitrogens with zero attached hydrogens (tertiary/aromatic N) is 1. The SMILES string of the molecule is CCC(Nc1ccc([N+](=O)[O-])cc1C)c1cccc(Cl)c1. The molecule has 2 rings (SSSR count). The normalized spacial score (nSPS) is 12.0. The molecule has 0 spiro atoms. The van der Waals surface area contributed by atoms with Crippen LogP contribution in [-0.4, -0.2) is 4.92 Å². The summed E-state index contributed by atoms with van der Waals surface area (Å²) in [5, 5.41) is 14.9. The van der Waals surface area contributed by atoms with Gasteiger partial charge in [0.25, 0.3) is 5.69 Å². The van der Waals surface area contributed by atoms with Crippen molar-refractivity contribution in [2.75, 3.05) is 5.32 Å². The molecule has 0 aliphatic carbocycles. The molecule has 1 unspecified atom stereocenters. The number of nitro groups is 1. The minimum absolute atomic E-state index is 0.105. The Morgan fingerprint density at radius 1 is 1.29 bits per heavy atom. The summed E-state index contributed by atoms with van der Waals surface area (Å²) in [6.07, 6.45) is 0.886. The van der Waals surface area contributed by atoms with Crippen molar-refractivity contribution in [1.82, 2.24) is 0 Å². The summed E-state index contributed by atoms with van der Waals surface area (Å²) in [7, 11) is 0. The Morgan fingerprint density at radius 2 is 2.05 bits per heavy atom. The minimum Gasteiger partial charge on any atom is -0.378 e. The van der Waals surface area contributed by atoms with Crippen LogP contribution >= 0.6 is 11.6 Å². The lowest BCUT2D eigenvalue weighted by Gasteiger charge is -2.20. The number of aryl methyl sites for hydroxylation is 1. The molecule has 5 heteroatoms. The first-order valence-electron chi connectivity index (χ1n) is 6.78. The third kappa shape index (κ3) is 3.73. The van der Waals surface area contributed by atoms with E-state index in [1.807, 2.05) is 31.2 Å². The molecule has 0 saturated carbocycles. The first-order valence-corrected chi connectivity index (χ1v) is 7.16. The third-order valence-corrected chi connectivity index (χ3v) is 3.64. The van der Waals surface area contributed by atoms with Gasteiger partial charge in [-0.3, -0.25) is 10.1 Å². The zero-order valence-corrected chi connectivity index (χ0v) is 12.7. The van der Waals surface area contributed by atoms with Gasteiger partial charge in [0.1, 0.15) is 0 Å². The maximum atomic E-state index is 10.8. The highest BCUT2D eigenvalue weighted by atomic mass is 35.5. The second kappa shape index (κ2) is 6.59. The van der Waals surface area contributed by atoms with Gasteiger partial charge in [0, 0.05) is 22.8 Å². The van der Waals surface area contributed by atoms with E-state index in [1.54, 1.807) is 12.1 Å². The summed E-state index contributed by atoms with van der Waals surface area (Å²) in [4.78, 5) is 10.4. The standard InChI is InChI=1S/C16H17ClN2O2/c1-3-15(12-5-4-6-13(17)10-12)18-16-8-7-14(19(20)21)9-11(16)2/h4-10,15,18H,3H2,1-2H3. The highest BCUT2D eigenvalue weighted by molar-refractivity contribution is 6.30. The van der Waals surface area contributed by atoms with Crippen molar-refractivity contribution >= 4 is 23.0 Å². The summed E-state index contributed by atoms with van der Waals surface area (Å²) in [5.74, 6) is 0. The van der Waals surface area contributed by atoms with Crippen molar-refractivity contribution in [1.29, 1.82) is 0 Å². The molecule has 2 aromatic carbocycles. The van der Waals surface area contributed by atoms with Crippen LogP contribution in [0.15, 0.2) is 42.5 Å². The predicted molar refractivity (Wildman–Crippen MR) is 85.9 cm³/mol. The van der Waals surface area contributed by atoms with Crippen LogP contribution in [0.1, 0.15) is 30.5 Å². The lowest BCUT2D eigenvalue weighted by molar-refractivity contribution is -0.384. The first kappa shape index (κ1) is 15.3. The Kier molecular flexibility index (Phi) is 4.81. The van der Waals surface area contributed by atoms with Crippen molar-refractivity contribution in [2.45, 2.75) is 26.3 Å². The topological polar surface area (TPSA) is 55.2 Å². The van der Waals surface area contributed by atoms with Gasteiger partial charge in [-0.1, -0.05) is 30.7 Å². The molecule has 4 nitrogen and oxygen atoms in total. The van der Waals surface area contributed by atoms with Crippen LogP contribution in [0.3, 0.4) is 0 Å². The number of anilines is 1. The number of non-ortho nitro benzene ring substituents is 1. The molecule has 0 fully saturated rings. The van der Waals surface area contributed by atoms with Crippen LogP contribution in [0.25, 0.3) is 0 Å². The van der Waals surface area contributed by atoms with E-state index in [0.717, 1.165) is 23.2 Å². The van der Waals surface area contributed by atoms with Crippen molar-refractivity contribution in [3.05, 3.63) is 68.7 Å². The molecule has 2 aromatic rings. The van der Waals surface area contributed by atoms with Crippen molar-refractivity contribution in [2.24, 2.45) is 0 Å². The Labute approximate surface area is 128 Å². The lowest BCUT2D eigenvalue weighted by atomic mass is 10.0. The molecule has 110 valence electrons. The quantitative estimate of drug-likeness (QED) is 0.616. The zero-order chi connectivity index (χ0) is 15.4. The number of benzene rings is 2. The van der Waals surface area contributed by atoms with Crippen LogP contribution in [0.4, 0.5) is 11.4 Å². The fraction of sp³-hybridized carbons (Fsp3) is 0.250. The Hall–Kier alpha value is -2.07. The number of hydrogen-bond acceptors (Lipinski definition) is 3. The van der Waals surface area contributed by atoms with Crippen molar-refractivity contribution in [3.8, 4) is 0 Å². The first-order chi connectivity index (χ1) is 10.0. The molecular formula is C16H17ClN2O2. The van der Waals surface area contributed by atoms with Gasteiger partial charge in [-0.15, -0.1) is 0 Å². The molecule has 0 heterocycles. The van der Waals surface area contributed by atoms with E-state index >= 15 is 0 Å². The van der Waals surface area contributed by atoms with Crippen LogP contribution in [0.2, 0.25) is 5.02 Å². The summed E-state index contributed by atoms with van der Waals surface area (Å²) >= 11 is 6.03. The monoisotopic (exact) mass is 304 g/mol. The molecular weight excluding hydrogens is 288 g/mol. The van der Waals surface area contributed by atoms with E-state index < -0.39 is 0 Å². The zero-order valence-electron chi connectivity index (χ0n) is 12.0. The maximum Gasteiger partial charge on any atom is 0.269 e. The summed E-state index contributed by atoms with van der Waals surface area (Å²) in [6, 6.07) is 12.7. The second-order valence-electron chi connectivity index (χ2n) is 4.92. The highest BCUT2D eigenvalue weighted by Gasteiger charge is 2.13. The van der Waals surface area contributed by atoms with Gasteiger partial charge in [0.15, 0.2) is 0 Å². The number of halogens is 1. The van der Waals surface area contributed by atoms with E-state index in [0.29, 0.717) is 5.02 Å². The van der Waals surface area contributed by atoms with Gasteiger partial charge in [0.2, 0.25) is 0 Å². The van der Waals surface area contributed by atoms with Gasteiger partial charge in [0.05, 0.1) is 11.0 Å². The fourth-order valence-electron chi connectivity index (χ4n) is 2.26. The van der Waals surface area contributed by atoms with E-state index in [2.05, 4.69) is 12.2 Å². The second-order valence-corrected chi connectivity index (χ2v) is 5.35. The number of rotatable bonds is 5. The predicted octanol–water partition coefficient (Wildman–Crippen LogP) is 5.12. The van der Waals surface area contributed by atoms with Gasteiger partial charge in [-0.05, 0) is 42.7 Å². The average molecular weight is 305 g/mol. The summed E-state index contributed by atoms with van der Waals surface area (Å²) in [6.45, 7) is 3.94. The molecule has 0 aliphatic heterocycles. The van der Waals surface area contributed by atoms with E-state index in [9.17, 15) is 10.1 Å². The van der Waals surface area contributed by atoms with Gasteiger partial charge in [-0.2, -0.15) is 0 Å². The smallest absolute Gasteiger partial charge is 0.269 e. The molecule has 1 atom stereocenters. The number of hydrogen-bond donors (Lipinski definition) is 1. The van der Waals surface area contributed by atoms with Crippen molar-refractivity contribution in [3.63, 3.8) is 0 Å². The minimum atomic E-state index is -0.384. The molecule has 21 heavy (non-hydrogen) atoms. The maximum absolute atomic E-state index is 10.8. The molecule has 1 N–H and O–H groups in total. The number of nitro benzene ring substituents is 1. The fourth-order valence-corrected chi connectivity index (χ4v) is 2.45. The Morgan fingerprint density at radius 3 is 2.62 bits per heavy atom. The van der Waals surface area contributed by atoms with Crippen LogP contribution in [0.5, 0.6) is 0 Å². The average Bonchev–Trinajstić information content (AvgIpc) is 2.45.